The Balaban J connectivity index is 1.96. The van der Waals surface area contributed by atoms with Gasteiger partial charge in [0, 0.05) is 13.0 Å². The van der Waals surface area contributed by atoms with E-state index in [1.165, 1.54) is 7.11 Å². The summed E-state index contributed by atoms with van der Waals surface area (Å²) in [6.07, 6.45) is -2.99. The number of hydrogen-bond donors (Lipinski definition) is 2. The molecule has 2 fully saturated rings. The van der Waals surface area contributed by atoms with Gasteiger partial charge in [-0.05, 0) is 18.4 Å². The highest BCUT2D eigenvalue weighted by Gasteiger charge is 2.60. The average molecular weight is 409 g/mol. The van der Waals surface area contributed by atoms with Crippen LogP contribution in [0.25, 0.3) is 0 Å². The van der Waals surface area contributed by atoms with Gasteiger partial charge in [-0.2, -0.15) is 5.06 Å². The lowest BCUT2D eigenvalue weighted by molar-refractivity contribution is -0.286. The van der Waals surface area contributed by atoms with Crippen LogP contribution in [0.3, 0.4) is 0 Å². The Morgan fingerprint density at radius 2 is 2.03 bits per heavy atom. The number of hydrogen-bond acceptors (Lipinski definition) is 8. The van der Waals surface area contributed by atoms with Gasteiger partial charge < -0.3 is 24.4 Å². The molecule has 2 saturated heterocycles. The fourth-order valence-electron chi connectivity index (χ4n) is 4.07. The summed E-state index contributed by atoms with van der Waals surface area (Å²) in [7, 11) is 1.28. The molecule has 0 aliphatic carbocycles. The van der Waals surface area contributed by atoms with Gasteiger partial charge in [-0.15, -0.1) is 0 Å². The Labute approximate surface area is 171 Å². The summed E-state index contributed by atoms with van der Waals surface area (Å²) < 4.78 is 16.2. The third-order valence-electron chi connectivity index (χ3n) is 5.59. The van der Waals surface area contributed by atoms with Gasteiger partial charge in [0.05, 0.1) is 25.9 Å². The summed E-state index contributed by atoms with van der Waals surface area (Å²) in [5, 5.41) is 23.1. The highest BCUT2D eigenvalue weighted by Crippen LogP contribution is 2.41. The summed E-state index contributed by atoms with van der Waals surface area (Å²) in [6.45, 7) is 5.87. The molecule has 8 nitrogen and oxygen atoms in total. The molecule has 2 aliphatic rings. The summed E-state index contributed by atoms with van der Waals surface area (Å²) in [5.41, 5.74) is -0.612. The Bertz CT molecular complexity index is 685. The molecule has 0 amide bonds. The normalized spacial score (nSPS) is 34.3. The van der Waals surface area contributed by atoms with E-state index in [1.807, 2.05) is 44.2 Å². The van der Waals surface area contributed by atoms with E-state index in [9.17, 15) is 15.0 Å². The summed E-state index contributed by atoms with van der Waals surface area (Å²) in [4.78, 5) is 18.9. The number of esters is 1. The second-order valence-corrected chi connectivity index (χ2v) is 8.06. The summed E-state index contributed by atoms with van der Waals surface area (Å²) in [5.74, 6) is -0.889. The number of aliphatic hydroxyl groups excluding tert-OH is 2. The second kappa shape index (κ2) is 9.07. The monoisotopic (exact) mass is 409 g/mol. The molecule has 4 unspecified atom stereocenters. The van der Waals surface area contributed by atoms with Crippen LogP contribution in [0, 0.1) is 5.92 Å². The van der Waals surface area contributed by atoms with Crippen molar-refractivity contribution in [1.29, 1.82) is 0 Å². The van der Waals surface area contributed by atoms with E-state index in [4.69, 9.17) is 19.0 Å². The Hall–Kier alpha value is -1.55. The molecule has 29 heavy (non-hydrogen) atoms. The number of benzene rings is 1. The smallest absolute Gasteiger partial charge is 0.343 e. The standard InChI is InChI=1S/C21H31NO7/c1-13(2)19(24)21(20(25)26-4)10-16(18-17(23)12-27-14(3)28-18)22(29-21)11-15-8-6-5-7-9-15/h5-9,13-14,16-19,23-24H,10-12H2,1-4H3/t14?,16-,17?,18?,19?,21+/m0/s1. The van der Waals surface area contributed by atoms with E-state index in [0.29, 0.717) is 6.54 Å². The number of carbonyl (C=O) groups excluding carboxylic acids is 1. The van der Waals surface area contributed by atoms with Crippen molar-refractivity contribution in [3.63, 3.8) is 0 Å². The zero-order valence-electron chi connectivity index (χ0n) is 17.4. The summed E-state index contributed by atoms with van der Waals surface area (Å²) in [6, 6.07) is 9.16. The molecule has 8 heteroatoms. The van der Waals surface area contributed by atoms with Crippen molar-refractivity contribution in [3.8, 4) is 0 Å². The lowest BCUT2D eigenvalue weighted by Crippen LogP contribution is -2.54. The van der Waals surface area contributed by atoms with Crippen LogP contribution in [0.1, 0.15) is 32.8 Å². The lowest BCUT2D eigenvalue weighted by atomic mass is 9.82. The van der Waals surface area contributed by atoms with Crippen molar-refractivity contribution in [2.45, 2.75) is 70.0 Å². The minimum atomic E-state index is -1.58. The molecule has 0 radical (unpaired) electrons. The van der Waals surface area contributed by atoms with Crippen molar-refractivity contribution in [2.24, 2.45) is 5.92 Å². The van der Waals surface area contributed by atoms with Gasteiger partial charge >= 0.3 is 5.97 Å². The molecule has 0 spiro atoms. The zero-order valence-corrected chi connectivity index (χ0v) is 17.4. The number of hydroxylamine groups is 2. The first-order valence-electron chi connectivity index (χ1n) is 9.99. The SMILES string of the molecule is COC(=O)[C@]1(C(O)C(C)C)C[C@@H](C2OC(C)OCC2O)N(Cc2ccccc2)O1. The number of aliphatic hydroxyl groups is 2. The van der Waals surface area contributed by atoms with E-state index >= 15 is 0 Å². The number of nitrogens with zero attached hydrogens (tertiary/aromatic N) is 1. The van der Waals surface area contributed by atoms with E-state index in [1.54, 1.807) is 12.0 Å². The lowest BCUT2D eigenvalue weighted by Gasteiger charge is -2.38. The molecular weight excluding hydrogens is 378 g/mol. The maximum Gasteiger partial charge on any atom is 0.343 e. The molecule has 1 aromatic rings. The molecule has 3 rings (SSSR count). The van der Waals surface area contributed by atoms with E-state index in [0.717, 1.165) is 5.56 Å². The van der Waals surface area contributed by atoms with Crippen LogP contribution >= 0.6 is 0 Å². The first-order valence-corrected chi connectivity index (χ1v) is 9.99. The van der Waals surface area contributed by atoms with Crippen LogP contribution in [-0.2, 0) is 30.4 Å². The van der Waals surface area contributed by atoms with Gasteiger partial charge in [0.25, 0.3) is 0 Å². The van der Waals surface area contributed by atoms with Crippen molar-refractivity contribution in [2.75, 3.05) is 13.7 Å². The first kappa shape index (κ1) is 22.1. The van der Waals surface area contributed by atoms with E-state index in [2.05, 4.69) is 0 Å². The van der Waals surface area contributed by atoms with Crippen molar-refractivity contribution >= 4 is 5.97 Å². The van der Waals surface area contributed by atoms with E-state index in [-0.39, 0.29) is 18.9 Å². The molecule has 2 aliphatic heterocycles. The van der Waals surface area contributed by atoms with Crippen molar-refractivity contribution in [1.82, 2.24) is 5.06 Å². The Morgan fingerprint density at radius 1 is 1.34 bits per heavy atom. The molecule has 0 bridgehead atoms. The van der Waals surface area contributed by atoms with Crippen molar-refractivity contribution in [3.05, 3.63) is 35.9 Å². The molecule has 0 aromatic heterocycles. The minimum Gasteiger partial charge on any atom is -0.467 e. The molecule has 2 N–H and O–H groups in total. The van der Waals surface area contributed by atoms with Gasteiger partial charge in [-0.3, -0.25) is 4.84 Å². The second-order valence-electron chi connectivity index (χ2n) is 8.06. The fourth-order valence-corrected chi connectivity index (χ4v) is 4.07. The van der Waals surface area contributed by atoms with Crippen LogP contribution in [0.4, 0.5) is 0 Å². The number of carbonyl (C=O) groups is 1. The fraction of sp³-hybridized carbons (Fsp3) is 0.667. The summed E-state index contributed by atoms with van der Waals surface area (Å²) >= 11 is 0. The Morgan fingerprint density at radius 3 is 2.66 bits per heavy atom. The molecule has 1 aromatic carbocycles. The molecule has 162 valence electrons. The largest absolute Gasteiger partial charge is 0.467 e. The first-order chi connectivity index (χ1) is 13.8. The third kappa shape index (κ3) is 4.47. The van der Waals surface area contributed by atoms with Crippen LogP contribution < -0.4 is 0 Å². The van der Waals surface area contributed by atoms with Crippen LogP contribution in [0.2, 0.25) is 0 Å². The topological polar surface area (TPSA) is 97.7 Å². The maximum absolute atomic E-state index is 12.8. The highest BCUT2D eigenvalue weighted by molar-refractivity contribution is 5.81. The van der Waals surface area contributed by atoms with E-state index < -0.39 is 42.2 Å². The molecule has 0 saturated carbocycles. The predicted octanol–water partition coefficient (Wildman–Crippen LogP) is 1.24. The number of rotatable bonds is 6. The van der Waals surface area contributed by atoms with Crippen molar-refractivity contribution < 1.29 is 34.1 Å². The quantitative estimate of drug-likeness (QED) is 0.678. The maximum atomic E-state index is 12.8. The van der Waals surface area contributed by atoms with Gasteiger partial charge in [0.1, 0.15) is 12.2 Å². The van der Waals surface area contributed by atoms with Gasteiger partial charge in [-0.1, -0.05) is 44.2 Å². The number of ether oxygens (including phenoxy) is 3. The molecular formula is C21H31NO7. The molecule has 6 atom stereocenters. The predicted molar refractivity (Wildman–Crippen MR) is 103 cm³/mol. The van der Waals surface area contributed by atoms with Gasteiger partial charge in [0.2, 0.25) is 5.60 Å². The number of methoxy groups -OCH3 is 1. The highest BCUT2D eigenvalue weighted by atomic mass is 16.7. The van der Waals surface area contributed by atoms with Crippen LogP contribution in [0.5, 0.6) is 0 Å². The van der Waals surface area contributed by atoms with Crippen LogP contribution in [0.15, 0.2) is 30.3 Å². The zero-order chi connectivity index (χ0) is 21.2. The van der Waals surface area contributed by atoms with Crippen LogP contribution in [-0.4, -0.2) is 71.2 Å². The minimum absolute atomic E-state index is 0.124. The van der Waals surface area contributed by atoms with Gasteiger partial charge in [0.15, 0.2) is 6.29 Å². The Kier molecular flexibility index (Phi) is 6.93. The third-order valence-corrected chi connectivity index (χ3v) is 5.59. The average Bonchev–Trinajstić information content (AvgIpc) is 3.09. The molecule has 2 heterocycles. The van der Waals surface area contributed by atoms with Gasteiger partial charge in [-0.25, -0.2) is 4.79 Å².